The van der Waals surface area contributed by atoms with E-state index in [4.69, 9.17) is 4.74 Å². The normalized spacial score (nSPS) is 12.1. The summed E-state index contributed by atoms with van der Waals surface area (Å²) in [5, 5.41) is 0. The average molecular weight is 1320 g/mol. The molecule has 0 aromatic rings. The quantitative estimate of drug-likeness (QED) is 0.0448. The Morgan fingerprint density at radius 1 is 0.181 bits per heavy atom. The van der Waals surface area contributed by atoms with Gasteiger partial charge in [-0.15, -0.1) is 0 Å². The van der Waals surface area contributed by atoms with Crippen LogP contribution in [0.25, 0.3) is 0 Å². The number of carbonyl (C=O) groups excluding carboxylic acids is 1. The van der Waals surface area contributed by atoms with Crippen LogP contribution in [0.2, 0.25) is 0 Å². The molecule has 1 atom stereocenters. The number of rotatable bonds is 88. The second kappa shape index (κ2) is 88.6. The second-order valence-corrected chi connectivity index (χ2v) is 32.1. The molecule has 0 saturated heterocycles. The molecule has 94 heavy (non-hydrogen) atoms. The highest BCUT2D eigenvalue weighted by atomic mass is 16.5. The molecule has 0 aliphatic heterocycles. The van der Waals surface area contributed by atoms with Crippen molar-refractivity contribution in [1.82, 2.24) is 0 Å². The molecule has 0 spiro atoms. The SMILES string of the molecule is [CH2]C(CCCCCCCCCCCCCCCCCCCCCCCCCCCCCCCCCCCCCCCCCCCCCCCCCCCCCCCCCCCCCCCCCCCCCCCCCCCCCCCCCCCCCCCC)OC(C)=O. The van der Waals surface area contributed by atoms with Gasteiger partial charge < -0.3 is 4.74 Å². The van der Waals surface area contributed by atoms with Crippen LogP contribution < -0.4 is 0 Å². The standard InChI is InChI=1S/C92H183O2/c1-4-5-6-7-8-9-10-11-12-13-14-15-16-17-18-19-20-21-22-23-24-25-26-27-28-29-30-31-32-33-34-35-36-37-38-39-40-41-42-43-44-45-46-47-48-49-50-51-52-53-54-55-56-57-58-59-60-61-62-63-64-65-66-67-68-69-70-71-72-73-74-75-76-77-78-79-80-81-82-83-84-85-86-87-88-89-90-91(2)94-92(3)93/h91H,2,4-90H2,1,3H3. The van der Waals surface area contributed by atoms with E-state index in [1.54, 1.807) is 0 Å². The minimum atomic E-state index is -0.209. The van der Waals surface area contributed by atoms with E-state index in [9.17, 15) is 4.79 Å². The van der Waals surface area contributed by atoms with E-state index in [-0.39, 0.29) is 12.1 Å². The van der Waals surface area contributed by atoms with Gasteiger partial charge in [0.15, 0.2) is 0 Å². The van der Waals surface area contributed by atoms with Crippen molar-refractivity contribution < 1.29 is 9.53 Å². The molecule has 0 rings (SSSR count). The minimum absolute atomic E-state index is 0.164. The van der Waals surface area contributed by atoms with E-state index in [0.29, 0.717) is 0 Å². The number of hydrogen-bond acceptors (Lipinski definition) is 2. The lowest BCUT2D eigenvalue weighted by atomic mass is 10.0. The molecule has 2 heteroatoms. The number of ether oxygens (including phenoxy) is 1. The number of esters is 1. The van der Waals surface area contributed by atoms with Crippen molar-refractivity contribution in [3.05, 3.63) is 6.92 Å². The minimum Gasteiger partial charge on any atom is -0.463 e. The molecule has 0 bridgehead atoms. The monoisotopic (exact) mass is 1320 g/mol. The van der Waals surface area contributed by atoms with Crippen molar-refractivity contribution in [2.45, 2.75) is 579 Å². The Bertz CT molecular complexity index is 1290. The zero-order chi connectivity index (χ0) is 67.4. The van der Waals surface area contributed by atoms with Crippen LogP contribution >= 0.6 is 0 Å². The Labute approximate surface area is 597 Å². The van der Waals surface area contributed by atoms with Crippen LogP contribution in [-0.2, 0) is 9.53 Å². The molecule has 1 unspecified atom stereocenters. The summed E-state index contributed by atoms with van der Waals surface area (Å²) in [5.41, 5.74) is 0. The molecule has 563 valence electrons. The zero-order valence-electron chi connectivity index (χ0n) is 66.1. The Hall–Kier alpha value is -0.530. The second-order valence-electron chi connectivity index (χ2n) is 32.1. The van der Waals surface area contributed by atoms with Gasteiger partial charge in [-0.1, -0.05) is 553 Å². The van der Waals surface area contributed by atoms with Gasteiger partial charge in [0.2, 0.25) is 0 Å². The van der Waals surface area contributed by atoms with Gasteiger partial charge in [0.25, 0.3) is 0 Å². The third kappa shape index (κ3) is 89.5. The van der Waals surface area contributed by atoms with Gasteiger partial charge in [-0.3, -0.25) is 4.79 Å². The van der Waals surface area contributed by atoms with Gasteiger partial charge in [-0.25, -0.2) is 0 Å². The summed E-state index contributed by atoms with van der Waals surface area (Å²) in [5.74, 6) is -0.209. The van der Waals surface area contributed by atoms with Gasteiger partial charge in [0.1, 0.15) is 6.10 Å². The van der Waals surface area contributed by atoms with Gasteiger partial charge in [0.05, 0.1) is 0 Å². The maximum absolute atomic E-state index is 10.9. The molecule has 0 heterocycles. The third-order valence-electron chi connectivity index (χ3n) is 22.2. The van der Waals surface area contributed by atoms with Gasteiger partial charge in [-0.2, -0.15) is 0 Å². The van der Waals surface area contributed by atoms with E-state index in [2.05, 4.69) is 13.8 Å². The molecule has 2 nitrogen and oxygen atoms in total. The van der Waals surface area contributed by atoms with Crippen molar-refractivity contribution in [2.75, 3.05) is 0 Å². The van der Waals surface area contributed by atoms with E-state index in [1.165, 1.54) is 553 Å². The number of unbranched alkanes of at least 4 members (excludes halogenated alkanes) is 85. The highest BCUT2D eigenvalue weighted by Gasteiger charge is 2.06. The molecular formula is C92H183O2. The zero-order valence-corrected chi connectivity index (χ0v) is 66.1. The molecule has 0 aliphatic carbocycles. The Balaban J connectivity index is 3.10. The summed E-state index contributed by atoms with van der Waals surface area (Å²) in [6.07, 6.45) is 127. The van der Waals surface area contributed by atoms with Gasteiger partial charge in [0, 0.05) is 6.92 Å². The molecule has 0 fully saturated rings. The molecule has 0 aliphatic rings. The first-order valence-electron chi connectivity index (χ1n) is 45.7. The summed E-state index contributed by atoms with van der Waals surface area (Å²) in [6, 6.07) is 0. The van der Waals surface area contributed by atoms with Crippen LogP contribution in [0.5, 0.6) is 0 Å². The van der Waals surface area contributed by atoms with Crippen molar-refractivity contribution in [3.63, 3.8) is 0 Å². The Morgan fingerprint density at radius 2 is 0.266 bits per heavy atom. The maximum Gasteiger partial charge on any atom is 0.302 e. The van der Waals surface area contributed by atoms with Gasteiger partial charge in [-0.05, 0) is 19.8 Å². The van der Waals surface area contributed by atoms with Crippen molar-refractivity contribution in [3.8, 4) is 0 Å². The highest BCUT2D eigenvalue weighted by Crippen LogP contribution is 2.23. The van der Waals surface area contributed by atoms with Crippen molar-refractivity contribution >= 4 is 5.97 Å². The van der Waals surface area contributed by atoms with E-state index in [0.717, 1.165) is 12.8 Å². The Morgan fingerprint density at radius 3 is 0.351 bits per heavy atom. The third-order valence-corrected chi connectivity index (χ3v) is 22.2. The lowest BCUT2D eigenvalue weighted by Crippen LogP contribution is -2.12. The first-order chi connectivity index (χ1) is 46.7. The predicted molar refractivity (Wildman–Crippen MR) is 428 cm³/mol. The van der Waals surface area contributed by atoms with Crippen LogP contribution in [0.4, 0.5) is 0 Å². The molecule has 0 aromatic heterocycles. The van der Waals surface area contributed by atoms with Crippen LogP contribution in [-0.4, -0.2) is 12.1 Å². The topological polar surface area (TPSA) is 26.3 Å². The van der Waals surface area contributed by atoms with Gasteiger partial charge >= 0.3 is 5.97 Å². The van der Waals surface area contributed by atoms with Crippen LogP contribution in [0, 0.1) is 6.92 Å². The summed E-state index contributed by atoms with van der Waals surface area (Å²) >= 11 is 0. The maximum atomic E-state index is 10.9. The number of hydrogen-bond donors (Lipinski definition) is 0. The Kier molecular flexibility index (Phi) is 88.1. The number of carbonyl (C=O) groups is 1. The predicted octanol–water partition coefficient (Wildman–Crippen LogP) is 34.7. The molecule has 0 aromatic carbocycles. The molecule has 0 N–H and O–H groups in total. The molecule has 0 amide bonds. The van der Waals surface area contributed by atoms with Crippen molar-refractivity contribution in [2.24, 2.45) is 0 Å². The van der Waals surface area contributed by atoms with Crippen molar-refractivity contribution in [1.29, 1.82) is 0 Å². The molecule has 1 radical (unpaired) electrons. The lowest BCUT2D eigenvalue weighted by molar-refractivity contribution is -0.144. The fourth-order valence-corrected chi connectivity index (χ4v) is 15.6. The first-order valence-corrected chi connectivity index (χ1v) is 45.7. The van der Waals surface area contributed by atoms with E-state index in [1.807, 2.05) is 0 Å². The molecule has 0 saturated carbocycles. The average Bonchev–Trinajstić information content (AvgIpc) is 3.67. The van der Waals surface area contributed by atoms with E-state index < -0.39 is 0 Å². The van der Waals surface area contributed by atoms with Crippen LogP contribution in [0.3, 0.4) is 0 Å². The smallest absolute Gasteiger partial charge is 0.302 e. The molecular weight excluding hydrogens is 1140 g/mol. The van der Waals surface area contributed by atoms with E-state index >= 15 is 0 Å². The van der Waals surface area contributed by atoms with Crippen LogP contribution in [0.1, 0.15) is 572 Å². The summed E-state index contributed by atoms with van der Waals surface area (Å²) < 4.78 is 5.10. The lowest BCUT2D eigenvalue weighted by Gasteiger charge is -2.10. The largest absolute Gasteiger partial charge is 0.463 e. The van der Waals surface area contributed by atoms with Crippen LogP contribution in [0.15, 0.2) is 0 Å². The fraction of sp³-hybridized carbons (Fsp3) is 0.978. The first kappa shape index (κ1) is 93.5. The summed E-state index contributed by atoms with van der Waals surface area (Å²) in [6.45, 7) is 7.68. The fourth-order valence-electron chi connectivity index (χ4n) is 15.6. The summed E-state index contributed by atoms with van der Waals surface area (Å²) in [7, 11) is 0. The highest BCUT2D eigenvalue weighted by molar-refractivity contribution is 5.66. The summed E-state index contributed by atoms with van der Waals surface area (Å²) in [4.78, 5) is 10.9.